The van der Waals surface area contributed by atoms with E-state index in [-0.39, 0.29) is 30.1 Å². The summed E-state index contributed by atoms with van der Waals surface area (Å²) in [5, 5.41) is 10.1. The van der Waals surface area contributed by atoms with E-state index in [9.17, 15) is 24.0 Å². The number of imide groups is 2. The first-order valence-corrected chi connectivity index (χ1v) is 18.6. The summed E-state index contributed by atoms with van der Waals surface area (Å²) in [6, 6.07) is 10.1. The fourth-order valence-electron chi connectivity index (χ4n) is 6.99. The van der Waals surface area contributed by atoms with Crippen molar-refractivity contribution in [1.29, 1.82) is 0 Å². The van der Waals surface area contributed by atoms with Gasteiger partial charge in [0.1, 0.15) is 11.6 Å². The van der Waals surface area contributed by atoms with E-state index >= 15 is 0 Å². The van der Waals surface area contributed by atoms with Crippen molar-refractivity contribution in [3.8, 4) is 11.3 Å². The molecule has 0 radical (unpaired) electrons. The molecule has 3 aliphatic rings. The molecule has 2 fully saturated rings. The standard InChI is InChI=1S/C39H45N9O6/c1-39(2,3)54-38(53)46-18-16-45(17-19-46)27-9-11-30-31(21-27)43-32(23-41-30)25-22-42-47(24-25)15-7-5-4-6-14-40-26-8-10-28-29(20-26)37(52)48(36(28)51)33-12-13-34(49)44-35(33)50/h8-11,20-24,33,40H,4-7,12-19H2,1-3H3,(H,44,49,50). The minimum atomic E-state index is -0.977. The average molecular weight is 736 g/mol. The van der Waals surface area contributed by atoms with E-state index in [0.29, 0.717) is 32.7 Å². The van der Waals surface area contributed by atoms with Crippen LogP contribution in [0.25, 0.3) is 22.3 Å². The van der Waals surface area contributed by atoms with Gasteiger partial charge >= 0.3 is 6.09 Å². The number of carbonyl (C=O) groups excluding carboxylic acids is 5. The zero-order valence-electron chi connectivity index (χ0n) is 30.8. The molecule has 0 aliphatic carbocycles. The van der Waals surface area contributed by atoms with Crippen molar-refractivity contribution in [2.24, 2.45) is 0 Å². The third kappa shape index (κ3) is 8.04. The van der Waals surface area contributed by atoms with E-state index in [0.717, 1.165) is 70.8 Å². The predicted molar refractivity (Wildman–Crippen MR) is 201 cm³/mol. The zero-order chi connectivity index (χ0) is 38.0. The number of ether oxygens (including phenoxy) is 1. The second-order valence-electron chi connectivity index (χ2n) is 14.9. The molecule has 5 amide bonds. The smallest absolute Gasteiger partial charge is 0.410 e. The topological polar surface area (TPSA) is 172 Å². The number of carbonyl (C=O) groups is 5. The minimum Gasteiger partial charge on any atom is -0.444 e. The van der Waals surface area contributed by atoms with E-state index < -0.39 is 35.3 Å². The number of nitrogens with zero attached hydrogens (tertiary/aromatic N) is 7. The van der Waals surface area contributed by atoms with Gasteiger partial charge in [0, 0.05) is 68.8 Å². The highest BCUT2D eigenvalue weighted by Crippen LogP contribution is 2.30. The molecule has 2 saturated heterocycles. The Bertz CT molecular complexity index is 2100. The highest BCUT2D eigenvalue weighted by atomic mass is 16.6. The molecular weight excluding hydrogens is 690 g/mol. The van der Waals surface area contributed by atoms with Gasteiger partial charge in [-0.2, -0.15) is 5.10 Å². The molecule has 54 heavy (non-hydrogen) atoms. The van der Waals surface area contributed by atoms with E-state index in [1.54, 1.807) is 29.3 Å². The van der Waals surface area contributed by atoms with Crippen LogP contribution in [0.5, 0.6) is 0 Å². The van der Waals surface area contributed by atoms with E-state index in [1.165, 1.54) is 0 Å². The van der Waals surface area contributed by atoms with E-state index in [4.69, 9.17) is 9.72 Å². The number of nitrogens with one attached hydrogen (secondary N) is 2. The van der Waals surface area contributed by atoms with Crippen molar-refractivity contribution in [3.63, 3.8) is 0 Å². The molecular formula is C39H45N9O6. The normalized spacial score (nSPS) is 17.6. The van der Waals surface area contributed by atoms with Crippen molar-refractivity contribution in [2.45, 2.75) is 77.5 Å². The lowest BCUT2D eigenvalue weighted by atomic mass is 10.0. The zero-order valence-corrected chi connectivity index (χ0v) is 30.8. The lowest BCUT2D eigenvalue weighted by molar-refractivity contribution is -0.136. The van der Waals surface area contributed by atoms with Gasteiger partial charge in [0.2, 0.25) is 11.8 Å². The Balaban J connectivity index is 0.850. The Morgan fingerprint density at radius 1 is 0.907 bits per heavy atom. The molecule has 15 heteroatoms. The van der Waals surface area contributed by atoms with Crippen LogP contribution in [-0.2, 0) is 20.9 Å². The summed E-state index contributed by atoms with van der Waals surface area (Å²) in [5.74, 6) is -2.04. The fourth-order valence-corrected chi connectivity index (χ4v) is 6.99. The molecule has 5 heterocycles. The van der Waals surface area contributed by atoms with Crippen LogP contribution in [-0.4, -0.2) is 104 Å². The molecule has 2 aromatic heterocycles. The van der Waals surface area contributed by atoms with Crippen LogP contribution in [0.1, 0.15) is 80.0 Å². The minimum absolute atomic E-state index is 0.0860. The Morgan fingerprint density at radius 3 is 2.46 bits per heavy atom. The van der Waals surface area contributed by atoms with Crippen LogP contribution < -0.4 is 15.5 Å². The molecule has 0 bridgehead atoms. The number of unbranched alkanes of at least 4 members (excludes halogenated alkanes) is 3. The molecule has 15 nitrogen and oxygen atoms in total. The summed E-state index contributed by atoms with van der Waals surface area (Å²) in [7, 11) is 0. The van der Waals surface area contributed by atoms with Gasteiger partial charge in [-0.25, -0.2) is 9.78 Å². The summed E-state index contributed by atoms with van der Waals surface area (Å²) in [5.41, 5.74) is 5.06. The number of hydrogen-bond acceptors (Lipinski definition) is 11. The number of rotatable bonds is 11. The van der Waals surface area contributed by atoms with Crippen LogP contribution in [0.3, 0.4) is 0 Å². The molecule has 1 atom stereocenters. The highest BCUT2D eigenvalue weighted by Gasteiger charge is 2.44. The monoisotopic (exact) mass is 735 g/mol. The van der Waals surface area contributed by atoms with Gasteiger partial charge in [0.25, 0.3) is 11.8 Å². The Labute approximate surface area is 313 Å². The Hall–Kier alpha value is -5.86. The number of piperidine rings is 1. The maximum atomic E-state index is 13.1. The van der Waals surface area contributed by atoms with Gasteiger partial charge in [-0.1, -0.05) is 12.8 Å². The van der Waals surface area contributed by atoms with Gasteiger partial charge < -0.3 is 19.9 Å². The first-order chi connectivity index (χ1) is 25.9. The van der Waals surface area contributed by atoms with Crippen molar-refractivity contribution in [3.05, 3.63) is 66.1 Å². The van der Waals surface area contributed by atoms with E-state index in [2.05, 4.69) is 31.7 Å². The van der Waals surface area contributed by atoms with Crippen LogP contribution in [0, 0.1) is 0 Å². The SMILES string of the molecule is CC(C)(C)OC(=O)N1CCN(c2ccc3ncc(-c4cnn(CCCCCCNc5ccc6c(c5)C(=O)N(C5CCC(=O)NC5=O)C6=O)c4)nc3c2)CC1. The third-order valence-electron chi connectivity index (χ3n) is 9.83. The molecule has 0 saturated carbocycles. The largest absolute Gasteiger partial charge is 0.444 e. The molecule has 7 rings (SSSR count). The maximum absolute atomic E-state index is 13.1. The summed E-state index contributed by atoms with van der Waals surface area (Å²) >= 11 is 0. The molecule has 2 N–H and O–H groups in total. The fraction of sp³-hybridized carbons (Fsp3) is 0.436. The van der Waals surface area contributed by atoms with Crippen LogP contribution >= 0.6 is 0 Å². The van der Waals surface area contributed by atoms with Gasteiger partial charge in [-0.3, -0.25) is 39.1 Å². The molecule has 4 aromatic rings. The van der Waals surface area contributed by atoms with Gasteiger partial charge in [0.05, 0.1) is 40.2 Å². The lowest BCUT2D eigenvalue weighted by Crippen LogP contribution is -2.54. The first kappa shape index (κ1) is 36.5. The predicted octanol–water partition coefficient (Wildman–Crippen LogP) is 4.62. The summed E-state index contributed by atoms with van der Waals surface area (Å²) in [6.45, 7) is 9.69. The lowest BCUT2D eigenvalue weighted by Gasteiger charge is -2.36. The van der Waals surface area contributed by atoms with Gasteiger partial charge in [-0.05, 0) is 76.4 Å². The van der Waals surface area contributed by atoms with Gasteiger partial charge in [0.15, 0.2) is 0 Å². The van der Waals surface area contributed by atoms with Crippen molar-refractivity contribution < 1.29 is 28.7 Å². The number of amides is 5. The number of fused-ring (bicyclic) bond motifs is 2. The second kappa shape index (κ2) is 15.2. The summed E-state index contributed by atoms with van der Waals surface area (Å²) in [6.07, 6.45) is 9.43. The Kier molecular flexibility index (Phi) is 10.3. The molecule has 3 aliphatic heterocycles. The van der Waals surface area contributed by atoms with Crippen LogP contribution in [0.4, 0.5) is 16.2 Å². The van der Waals surface area contributed by atoms with Crippen molar-refractivity contribution in [2.75, 3.05) is 42.9 Å². The van der Waals surface area contributed by atoms with Crippen molar-refractivity contribution >= 4 is 52.1 Å². The van der Waals surface area contributed by atoms with Crippen molar-refractivity contribution in [1.82, 2.24) is 34.9 Å². The summed E-state index contributed by atoms with van der Waals surface area (Å²) < 4.78 is 7.47. The molecule has 1 unspecified atom stereocenters. The molecule has 0 spiro atoms. The van der Waals surface area contributed by atoms with Gasteiger partial charge in [-0.15, -0.1) is 0 Å². The van der Waals surface area contributed by atoms with E-state index in [1.807, 2.05) is 50.0 Å². The molecule has 2 aromatic carbocycles. The highest BCUT2D eigenvalue weighted by molar-refractivity contribution is 6.23. The third-order valence-corrected chi connectivity index (χ3v) is 9.83. The Morgan fingerprint density at radius 2 is 1.69 bits per heavy atom. The average Bonchev–Trinajstić information content (AvgIpc) is 3.72. The number of anilines is 2. The van der Waals surface area contributed by atoms with Crippen LogP contribution in [0.2, 0.25) is 0 Å². The first-order valence-electron chi connectivity index (χ1n) is 18.6. The summed E-state index contributed by atoms with van der Waals surface area (Å²) in [4.78, 5) is 76.9. The quantitative estimate of drug-likeness (QED) is 0.163. The number of piperazine rings is 1. The second-order valence-corrected chi connectivity index (χ2v) is 14.9. The molecule has 282 valence electrons. The number of hydrogen-bond donors (Lipinski definition) is 2. The number of aryl methyl sites for hydroxylation is 1. The number of benzene rings is 2. The maximum Gasteiger partial charge on any atom is 0.410 e. The number of aromatic nitrogens is 4. The van der Waals surface area contributed by atoms with Crippen LogP contribution in [0.15, 0.2) is 55.0 Å².